The molecule has 0 bridgehead atoms. The SMILES string of the molecule is CCCCc1ccc(-c2[nH]c(CN(C)C)nc2-c2cccc(O)c2)cc1. The summed E-state index contributed by atoms with van der Waals surface area (Å²) in [6, 6.07) is 16.0. The summed E-state index contributed by atoms with van der Waals surface area (Å²) in [7, 11) is 4.05. The molecular formula is C22H27N3O. The van der Waals surface area contributed by atoms with Crippen molar-refractivity contribution in [1.29, 1.82) is 0 Å². The maximum Gasteiger partial charge on any atom is 0.121 e. The molecule has 0 fully saturated rings. The van der Waals surface area contributed by atoms with E-state index in [0.29, 0.717) is 0 Å². The number of aromatic hydroxyl groups is 1. The van der Waals surface area contributed by atoms with Crippen molar-refractivity contribution in [1.82, 2.24) is 14.9 Å². The van der Waals surface area contributed by atoms with Crippen LogP contribution in [0.1, 0.15) is 31.2 Å². The number of benzene rings is 2. The second-order valence-corrected chi connectivity index (χ2v) is 7.00. The summed E-state index contributed by atoms with van der Waals surface area (Å²) in [6.07, 6.45) is 3.54. The van der Waals surface area contributed by atoms with Gasteiger partial charge in [0.05, 0.1) is 17.9 Å². The lowest BCUT2D eigenvalue weighted by Gasteiger charge is -2.06. The van der Waals surface area contributed by atoms with Gasteiger partial charge in [0.15, 0.2) is 0 Å². The number of nitrogens with zero attached hydrogens (tertiary/aromatic N) is 2. The highest BCUT2D eigenvalue weighted by molar-refractivity contribution is 5.79. The van der Waals surface area contributed by atoms with E-state index < -0.39 is 0 Å². The van der Waals surface area contributed by atoms with Crippen LogP contribution in [0.25, 0.3) is 22.5 Å². The van der Waals surface area contributed by atoms with Crippen LogP contribution in [0.15, 0.2) is 48.5 Å². The van der Waals surface area contributed by atoms with Crippen molar-refractivity contribution in [2.75, 3.05) is 14.1 Å². The molecule has 0 aliphatic carbocycles. The Labute approximate surface area is 155 Å². The summed E-state index contributed by atoms with van der Waals surface area (Å²) in [5.41, 5.74) is 5.26. The van der Waals surface area contributed by atoms with Crippen LogP contribution >= 0.6 is 0 Å². The third kappa shape index (κ3) is 4.33. The fourth-order valence-corrected chi connectivity index (χ4v) is 3.09. The van der Waals surface area contributed by atoms with Crippen LogP contribution in [0, 0.1) is 0 Å². The third-order valence-electron chi connectivity index (χ3n) is 4.40. The molecule has 0 spiro atoms. The maximum absolute atomic E-state index is 9.86. The molecule has 0 radical (unpaired) electrons. The van der Waals surface area contributed by atoms with E-state index in [1.54, 1.807) is 12.1 Å². The largest absolute Gasteiger partial charge is 0.508 e. The van der Waals surface area contributed by atoms with Gasteiger partial charge in [-0.15, -0.1) is 0 Å². The van der Waals surface area contributed by atoms with Crippen molar-refractivity contribution in [2.45, 2.75) is 32.7 Å². The van der Waals surface area contributed by atoms with Gasteiger partial charge in [-0.3, -0.25) is 0 Å². The van der Waals surface area contributed by atoms with Crippen molar-refractivity contribution in [3.8, 4) is 28.3 Å². The molecule has 2 aromatic carbocycles. The first-order valence-electron chi connectivity index (χ1n) is 9.19. The average Bonchev–Trinajstić information content (AvgIpc) is 3.03. The number of hydrogen-bond donors (Lipinski definition) is 2. The van der Waals surface area contributed by atoms with Crippen LogP contribution < -0.4 is 0 Å². The van der Waals surface area contributed by atoms with Crippen molar-refractivity contribution < 1.29 is 5.11 Å². The Morgan fingerprint density at radius 1 is 1.04 bits per heavy atom. The normalized spacial score (nSPS) is 11.2. The molecule has 0 saturated carbocycles. The number of phenolic OH excluding ortho intramolecular Hbond substituents is 1. The van der Waals surface area contributed by atoms with E-state index in [1.807, 2.05) is 26.2 Å². The van der Waals surface area contributed by atoms with E-state index in [9.17, 15) is 5.11 Å². The number of phenols is 1. The molecule has 0 unspecified atom stereocenters. The molecule has 3 aromatic rings. The molecule has 2 N–H and O–H groups in total. The van der Waals surface area contributed by atoms with Gasteiger partial charge in [0.2, 0.25) is 0 Å². The highest BCUT2D eigenvalue weighted by Crippen LogP contribution is 2.32. The summed E-state index contributed by atoms with van der Waals surface area (Å²) in [5, 5.41) is 9.86. The Morgan fingerprint density at radius 3 is 2.46 bits per heavy atom. The van der Waals surface area contributed by atoms with E-state index in [0.717, 1.165) is 41.3 Å². The van der Waals surface area contributed by atoms with E-state index >= 15 is 0 Å². The highest BCUT2D eigenvalue weighted by atomic mass is 16.3. The van der Waals surface area contributed by atoms with Gasteiger partial charge in [0.1, 0.15) is 11.6 Å². The topological polar surface area (TPSA) is 52.2 Å². The Bertz CT molecular complexity index is 850. The number of H-pyrrole nitrogens is 1. The Morgan fingerprint density at radius 2 is 1.81 bits per heavy atom. The minimum atomic E-state index is 0.250. The fourth-order valence-electron chi connectivity index (χ4n) is 3.09. The summed E-state index contributed by atoms with van der Waals surface area (Å²) in [4.78, 5) is 10.4. The molecule has 4 nitrogen and oxygen atoms in total. The molecule has 0 aliphatic rings. The van der Waals surface area contributed by atoms with Crippen LogP contribution in [0.4, 0.5) is 0 Å². The summed E-state index contributed by atoms with van der Waals surface area (Å²) in [5.74, 6) is 1.17. The van der Waals surface area contributed by atoms with Gasteiger partial charge in [0.25, 0.3) is 0 Å². The molecule has 1 aromatic heterocycles. The molecule has 0 amide bonds. The third-order valence-corrected chi connectivity index (χ3v) is 4.40. The minimum Gasteiger partial charge on any atom is -0.508 e. The Balaban J connectivity index is 2.00. The average molecular weight is 349 g/mol. The number of imidazole rings is 1. The van der Waals surface area contributed by atoms with Crippen molar-refractivity contribution in [3.63, 3.8) is 0 Å². The van der Waals surface area contributed by atoms with Gasteiger partial charge >= 0.3 is 0 Å². The number of rotatable bonds is 7. The number of aromatic nitrogens is 2. The quantitative estimate of drug-likeness (QED) is 0.641. The van der Waals surface area contributed by atoms with E-state index in [-0.39, 0.29) is 5.75 Å². The predicted octanol–water partition coefficient (Wildman–Crippen LogP) is 4.85. The maximum atomic E-state index is 9.86. The lowest BCUT2D eigenvalue weighted by Crippen LogP contribution is -2.11. The van der Waals surface area contributed by atoms with E-state index in [4.69, 9.17) is 4.98 Å². The fraction of sp³-hybridized carbons (Fsp3) is 0.318. The molecule has 136 valence electrons. The van der Waals surface area contributed by atoms with Crippen molar-refractivity contribution >= 4 is 0 Å². The number of aromatic amines is 1. The monoisotopic (exact) mass is 349 g/mol. The zero-order valence-electron chi connectivity index (χ0n) is 15.8. The van der Waals surface area contributed by atoms with Crippen molar-refractivity contribution in [2.24, 2.45) is 0 Å². The molecule has 1 heterocycles. The first kappa shape index (κ1) is 18.2. The van der Waals surface area contributed by atoms with Gasteiger partial charge in [-0.1, -0.05) is 49.7 Å². The zero-order chi connectivity index (χ0) is 18.5. The number of hydrogen-bond acceptors (Lipinski definition) is 3. The summed E-state index contributed by atoms with van der Waals surface area (Å²) >= 11 is 0. The molecule has 3 rings (SSSR count). The van der Waals surface area contributed by atoms with E-state index in [1.165, 1.54) is 18.4 Å². The molecular weight excluding hydrogens is 322 g/mol. The van der Waals surface area contributed by atoms with Crippen LogP contribution in [-0.4, -0.2) is 34.1 Å². The number of unbranched alkanes of at least 4 members (excludes halogenated alkanes) is 1. The van der Waals surface area contributed by atoms with Crippen molar-refractivity contribution in [3.05, 3.63) is 59.9 Å². The first-order chi connectivity index (χ1) is 12.6. The van der Waals surface area contributed by atoms with Gasteiger partial charge in [0, 0.05) is 11.1 Å². The highest BCUT2D eigenvalue weighted by Gasteiger charge is 2.15. The predicted molar refractivity (Wildman–Crippen MR) is 107 cm³/mol. The Hall–Kier alpha value is -2.59. The molecule has 0 aliphatic heterocycles. The number of nitrogens with one attached hydrogen (secondary N) is 1. The van der Waals surface area contributed by atoms with Gasteiger partial charge < -0.3 is 15.0 Å². The zero-order valence-corrected chi connectivity index (χ0v) is 15.8. The van der Waals surface area contributed by atoms with E-state index in [2.05, 4.69) is 41.1 Å². The van der Waals surface area contributed by atoms with Crippen LogP contribution in [-0.2, 0) is 13.0 Å². The van der Waals surface area contributed by atoms with Crippen LogP contribution in [0.3, 0.4) is 0 Å². The second-order valence-electron chi connectivity index (χ2n) is 7.00. The molecule has 0 saturated heterocycles. The molecule has 26 heavy (non-hydrogen) atoms. The number of aryl methyl sites for hydroxylation is 1. The smallest absolute Gasteiger partial charge is 0.121 e. The van der Waals surface area contributed by atoms with Gasteiger partial charge in [-0.25, -0.2) is 4.98 Å². The van der Waals surface area contributed by atoms with Gasteiger partial charge in [-0.2, -0.15) is 0 Å². The minimum absolute atomic E-state index is 0.250. The Kier molecular flexibility index (Phi) is 5.74. The lowest BCUT2D eigenvalue weighted by atomic mass is 10.0. The summed E-state index contributed by atoms with van der Waals surface area (Å²) in [6.45, 7) is 2.95. The van der Waals surface area contributed by atoms with Crippen LogP contribution in [0.2, 0.25) is 0 Å². The standard InChI is InChI=1S/C22H27N3O/c1-4-5-7-16-10-12-17(13-11-16)21-22(18-8-6-9-19(26)14-18)24-20(23-21)15-25(2)3/h6,8-14,26H,4-5,7,15H2,1-3H3,(H,23,24). The van der Waals surface area contributed by atoms with Crippen LogP contribution in [0.5, 0.6) is 5.75 Å². The molecule has 4 heteroatoms. The second kappa shape index (κ2) is 8.19. The summed E-state index contributed by atoms with van der Waals surface area (Å²) < 4.78 is 0. The van der Waals surface area contributed by atoms with Gasteiger partial charge in [-0.05, 0) is 44.6 Å². The lowest BCUT2D eigenvalue weighted by molar-refractivity contribution is 0.392. The molecule has 0 atom stereocenters. The first-order valence-corrected chi connectivity index (χ1v) is 9.19.